The Morgan fingerprint density at radius 3 is 2.37 bits per heavy atom. The molecule has 2 unspecified atom stereocenters. The molecule has 4 rings (SSSR count). The lowest BCUT2D eigenvalue weighted by Gasteiger charge is -2.40. The zero-order valence-corrected chi connectivity index (χ0v) is 22.4. The smallest absolute Gasteiger partial charge is 0.258 e. The molecule has 0 fully saturated rings. The van der Waals surface area contributed by atoms with E-state index in [1.165, 1.54) is 0 Å². The molecule has 1 aliphatic heterocycles. The number of ether oxygens (including phenoxy) is 1. The number of primary amides is 1. The van der Waals surface area contributed by atoms with Crippen molar-refractivity contribution >= 4 is 40.7 Å². The number of benzene rings is 3. The summed E-state index contributed by atoms with van der Waals surface area (Å²) >= 11 is 6.05. The lowest BCUT2D eigenvalue weighted by atomic mass is 9.84. The van der Waals surface area contributed by atoms with Crippen molar-refractivity contribution < 1.29 is 19.1 Å². The highest BCUT2D eigenvalue weighted by Gasteiger charge is 2.38. The van der Waals surface area contributed by atoms with E-state index in [9.17, 15) is 14.4 Å². The molecule has 198 valence electrons. The third-order valence-corrected chi connectivity index (χ3v) is 7.02. The van der Waals surface area contributed by atoms with Gasteiger partial charge in [0.05, 0.1) is 12.5 Å². The molecule has 38 heavy (non-hydrogen) atoms. The van der Waals surface area contributed by atoms with E-state index in [4.69, 9.17) is 22.1 Å². The lowest BCUT2D eigenvalue weighted by molar-refractivity contribution is -0.120. The zero-order valence-electron chi connectivity index (χ0n) is 21.6. The first-order valence-electron chi connectivity index (χ1n) is 12.8. The van der Waals surface area contributed by atoms with Crippen LogP contribution in [0, 0.1) is 0 Å². The SMILES string of the molecule is CCN(C(=O)C1CC(C)N(C(=O)c2ccc(OCCCC(N)=O)cc2)c2ccccc21)c1ccc(Cl)cc1. The Bertz CT molecular complexity index is 1290. The first-order valence-corrected chi connectivity index (χ1v) is 13.2. The average Bonchev–Trinajstić information content (AvgIpc) is 2.92. The molecule has 2 atom stereocenters. The van der Waals surface area contributed by atoms with Crippen LogP contribution in [-0.4, -0.2) is 36.9 Å². The van der Waals surface area contributed by atoms with Crippen molar-refractivity contribution in [2.75, 3.05) is 23.0 Å². The van der Waals surface area contributed by atoms with Crippen LogP contribution in [0.3, 0.4) is 0 Å². The highest BCUT2D eigenvalue weighted by atomic mass is 35.5. The number of hydrogen-bond acceptors (Lipinski definition) is 4. The third-order valence-electron chi connectivity index (χ3n) is 6.76. The van der Waals surface area contributed by atoms with Gasteiger partial charge >= 0.3 is 0 Å². The van der Waals surface area contributed by atoms with Gasteiger partial charge in [-0.05, 0) is 86.8 Å². The molecule has 0 spiro atoms. The molecule has 0 bridgehead atoms. The van der Waals surface area contributed by atoms with Crippen LogP contribution >= 0.6 is 11.6 Å². The van der Waals surface area contributed by atoms with Gasteiger partial charge in [-0.25, -0.2) is 0 Å². The Labute approximate surface area is 228 Å². The lowest BCUT2D eigenvalue weighted by Crippen LogP contribution is -2.46. The molecular formula is C30H32ClN3O4. The summed E-state index contributed by atoms with van der Waals surface area (Å²) in [5.74, 6) is -0.260. The van der Waals surface area contributed by atoms with Crippen LogP contribution in [0.4, 0.5) is 11.4 Å². The van der Waals surface area contributed by atoms with E-state index in [1.807, 2.05) is 50.2 Å². The van der Waals surface area contributed by atoms with Gasteiger partial charge in [0, 0.05) is 41.0 Å². The summed E-state index contributed by atoms with van der Waals surface area (Å²) in [5, 5.41) is 0.616. The Hall–Kier alpha value is -3.84. The van der Waals surface area contributed by atoms with E-state index in [-0.39, 0.29) is 36.1 Å². The summed E-state index contributed by atoms with van der Waals surface area (Å²) in [6.45, 7) is 4.81. The van der Waals surface area contributed by atoms with Crippen LogP contribution in [0.2, 0.25) is 5.02 Å². The molecule has 1 heterocycles. The van der Waals surface area contributed by atoms with Gasteiger partial charge in [0.15, 0.2) is 0 Å². The number of para-hydroxylation sites is 1. The molecule has 8 heteroatoms. The number of hydrogen-bond donors (Lipinski definition) is 1. The maximum atomic E-state index is 13.8. The first-order chi connectivity index (χ1) is 18.3. The van der Waals surface area contributed by atoms with Crippen molar-refractivity contribution in [3.8, 4) is 5.75 Å². The Morgan fingerprint density at radius 2 is 1.71 bits per heavy atom. The largest absolute Gasteiger partial charge is 0.494 e. The van der Waals surface area contributed by atoms with E-state index < -0.39 is 0 Å². The molecule has 7 nitrogen and oxygen atoms in total. The predicted molar refractivity (Wildman–Crippen MR) is 150 cm³/mol. The molecule has 0 radical (unpaired) electrons. The summed E-state index contributed by atoms with van der Waals surface area (Å²) in [6.07, 6.45) is 1.31. The highest BCUT2D eigenvalue weighted by molar-refractivity contribution is 6.30. The molecular weight excluding hydrogens is 502 g/mol. The van der Waals surface area contributed by atoms with E-state index in [0.29, 0.717) is 42.3 Å². The third kappa shape index (κ3) is 6.00. The van der Waals surface area contributed by atoms with Gasteiger partial charge in [-0.1, -0.05) is 29.8 Å². The molecule has 0 saturated heterocycles. The van der Waals surface area contributed by atoms with E-state index in [1.54, 1.807) is 46.2 Å². The molecule has 0 aliphatic carbocycles. The molecule has 3 aromatic rings. The fourth-order valence-electron chi connectivity index (χ4n) is 4.90. The summed E-state index contributed by atoms with van der Waals surface area (Å²) < 4.78 is 5.65. The minimum absolute atomic E-state index is 0.000872. The number of carbonyl (C=O) groups excluding carboxylic acids is 3. The summed E-state index contributed by atoms with van der Waals surface area (Å²) in [6, 6.07) is 21.6. The van der Waals surface area contributed by atoms with E-state index in [2.05, 4.69) is 0 Å². The number of anilines is 2. The van der Waals surface area contributed by atoms with Crippen molar-refractivity contribution in [3.05, 3.63) is 88.9 Å². The topological polar surface area (TPSA) is 92.9 Å². The van der Waals surface area contributed by atoms with Gasteiger partial charge in [0.25, 0.3) is 5.91 Å². The highest BCUT2D eigenvalue weighted by Crippen LogP contribution is 2.41. The molecule has 1 aliphatic rings. The van der Waals surface area contributed by atoms with Crippen molar-refractivity contribution in [2.45, 2.75) is 45.1 Å². The van der Waals surface area contributed by atoms with Gasteiger partial charge < -0.3 is 20.3 Å². The minimum Gasteiger partial charge on any atom is -0.494 e. The standard InChI is InChI=1S/C30H32ClN3O4/c1-3-33(23-14-12-22(31)13-15-23)30(37)26-19-20(2)34(27-8-5-4-7-25(26)27)29(36)21-10-16-24(17-11-21)38-18-6-9-28(32)35/h4-5,7-8,10-17,20,26H,3,6,9,18-19H2,1-2H3,(H2,32,35). The normalized spacial score (nSPS) is 16.4. The van der Waals surface area contributed by atoms with Crippen LogP contribution in [0.5, 0.6) is 5.75 Å². The number of likely N-dealkylation sites (N-methyl/N-ethyl adjacent to an activating group) is 1. The number of fused-ring (bicyclic) bond motifs is 1. The number of nitrogens with zero attached hydrogens (tertiary/aromatic N) is 2. The van der Waals surface area contributed by atoms with E-state index >= 15 is 0 Å². The zero-order chi connectivity index (χ0) is 27.2. The molecule has 0 saturated carbocycles. The fraction of sp³-hybridized carbons (Fsp3) is 0.300. The van der Waals surface area contributed by atoms with Crippen molar-refractivity contribution in [2.24, 2.45) is 5.73 Å². The first kappa shape index (κ1) is 27.2. The number of rotatable bonds is 9. The summed E-state index contributed by atoms with van der Waals surface area (Å²) in [7, 11) is 0. The molecule has 0 aromatic heterocycles. The van der Waals surface area contributed by atoms with Crippen LogP contribution in [-0.2, 0) is 9.59 Å². The number of amides is 3. The van der Waals surface area contributed by atoms with Gasteiger partial charge in [-0.15, -0.1) is 0 Å². The summed E-state index contributed by atoms with van der Waals surface area (Å²) in [5.41, 5.74) is 8.06. The second-order valence-corrected chi connectivity index (χ2v) is 9.81. The van der Waals surface area contributed by atoms with E-state index in [0.717, 1.165) is 16.9 Å². The van der Waals surface area contributed by atoms with Gasteiger partial charge in [0.2, 0.25) is 11.8 Å². The van der Waals surface area contributed by atoms with Crippen molar-refractivity contribution in [1.82, 2.24) is 0 Å². The van der Waals surface area contributed by atoms with Crippen LogP contribution in [0.15, 0.2) is 72.8 Å². The second kappa shape index (κ2) is 12.1. The van der Waals surface area contributed by atoms with Crippen LogP contribution in [0.1, 0.15) is 54.9 Å². The molecule has 2 N–H and O–H groups in total. The fourth-order valence-corrected chi connectivity index (χ4v) is 5.03. The Balaban J connectivity index is 1.55. The van der Waals surface area contributed by atoms with Gasteiger partial charge in [0.1, 0.15) is 5.75 Å². The monoisotopic (exact) mass is 533 g/mol. The number of nitrogens with two attached hydrogens (primary N) is 1. The number of halogens is 1. The van der Waals surface area contributed by atoms with Crippen LogP contribution in [0.25, 0.3) is 0 Å². The molecule has 3 aromatic carbocycles. The maximum absolute atomic E-state index is 13.8. The van der Waals surface area contributed by atoms with Crippen LogP contribution < -0.4 is 20.3 Å². The average molecular weight is 534 g/mol. The quantitative estimate of drug-likeness (QED) is 0.364. The maximum Gasteiger partial charge on any atom is 0.258 e. The minimum atomic E-state index is -0.378. The second-order valence-electron chi connectivity index (χ2n) is 9.37. The van der Waals surface area contributed by atoms with Gasteiger partial charge in [-0.3, -0.25) is 14.4 Å². The predicted octanol–water partition coefficient (Wildman–Crippen LogP) is 5.56. The Kier molecular flexibility index (Phi) is 8.69. The van der Waals surface area contributed by atoms with Crippen molar-refractivity contribution in [3.63, 3.8) is 0 Å². The van der Waals surface area contributed by atoms with Crippen molar-refractivity contribution in [1.29, 1.82) is 0 Å². The Morgan fingerprint density at radius 1 is 1.03 bits per heavy atom. The van der Waals surface area contributed by atoms with Gasteiger partial charge in [-0.2, -0.15) is 0 Å². The summed E-state index contributed by atoms with van der Waals surface area (Å²) in [4.78, 5) is 41.9. The molecule has 3 amide bonds. The number of carbonyl (C=O) groups is 3.